The molecule has 3 aromatic rings. The van der Waals surface area contributed by atoms with Gasteiger partial charge in [-0.15, -0.1) is 0 Å². The lowest BCUT2D eigenvalue weighted by molar-refractivity contribution is 0.207. The van der Waals surface area contributed by atoms with E-state index < -0.39 is 0 Å². The molecule has 6 heteroatoms. The van der Waals surface area contributed by atoms with Gasteiger partial charge in [-0.1, -0.05) is 30.3 Å². The number of aromatic nitrogens is 3. The van der Waals surface area contributed by atoms with Crippen molar-refractivity contribution >= 4 is 17.2 Å². The van der Waals surface area contributed by atoms with Crippen molar-refractivity contribution in [3.05, 3.63) is 60.0 Å². The van der Waals surface area contributed by atoms with Crippen LogP contribution in [0.15, 0.2) is 48.7 Å². The molecule has 0 spiro atoms. The third kappa shape index (κ3) is 4.42. The molecule has 1 atom stereocenters. The zero-order valence-electron chi connectivity index (χ0n) is 17.2. The third-order valence-electron chi connectivity index (χ3n) is 5.62. The van der Waals surface area contributed by atoms with E-state index in [9.17, 15) is 4.79 Å². The smallest absolute Gasteiger partial charge is 0.317 e. The number of likely N-dealkylation sites (tertiary alicyclic amines) is 1. The molecule has 2 aromatic heterocycles. The van der Waals surface area contributed by atoms with Crippen molar-refractivity contribution in [3.63, 3.8) is 0 Å². The largest absolute Gasteiger partial charge is 0.338 e. The Bertz CT molecular complexity index is 966. The molecule has 0 radical (unpaired) electrons. The number of benzene rings is 1. The van der Waals surface area contributed by atoms with E-state index in [0.717, 1.165) is 49.3 Å². The van der Waals surface area contributed by atoms with Gasteiger partial charge in [0.2, 0.25) is 0 Å². The zero-order valence-corrected chi connectivity index (χ0v) is 17.2. The summed E-state index contributed by atoms with van der Waals surface area (Å²) in [6.07, 6.45) is 4.57. The average molecular weight is 392 g/mol. The van der Waals surface area contributed by atoms with Crippen molar-refractivity contribution in [2.45, 2.75) is 39.2 Å². The number of nitrogens with zero attached hydrogens (tertiary/aromatic N) is 4. The Kier molecular flexibility index (Phi) is 5.79. The van der Waals surface area contributed by atoms with Crippen LogP contribution in [0.4, 0.5) is 4.79 Å². The normalized spacial score (nSPS) is 16.7. The Labute approximate surface area is 172 Å². The summed E-state index contributed by atoms with van der Waals surface area (Å²) in [5.41, 5.74) is 3.14. The van der Waals surface area contributed by atoms with Gasteiger partial charge in [0, 0.05) is 38.3 Å². The van der Waals surface area contributed by atoms with E-state index in [1.165, 1.54) is 5.56 Å². The number of carbonyl (C=O) groups is 1. The average Bonchev–Trinajstić information content (AvgIpc) is 3.33. The number of rotatable bonds is 6. The van der Waals surface area contributed by atoms with Crippen molar-refractivity contribution in [3.8, 4) is 0 Å². The number of hydrogen-bond acceptors (Lipinski definition) is 3. The Morgan fingerprint density at radius 1 is 1.21 bits per heavy atom. The first kappa shape index (κ1) is 19.4. The van der Waals surface area contributed by atoms with Crippen LogP contribution < -0.4 is 5.32 Å². The van der Waals surface area contributed by atoms with Crippen molar-refractivity contribution in [2.75, 3.05) is 19.6 Å². The summed E-state index contributed by atoms with van der Waals surface area (Å²) in [7, 11) is 0. The maximum absolute atomic E-state index is 12.5. The van der Waals surface area contributed by atoms with Crippen LogP contribution in [-0.4, -0.2) is 45.1 Å². The third-order valence-corrected chi connectivity index (χ3v) is 5.62. The van der Waals surface area contributed by atoms with Crippen LogP contribution in [0.3, 0.4) is 0 Å². The van der Waals surface area contributed by atoms with Gasteiger partial charge in [-0.2, -0.15) is 0 Å². The van der Waals surface area contributed by atoms with Crippen LogP contribution in [0.5, 0.6) is 0 Å². The number of amides is 2. The molecule has 152 valence electrons. The molecule has 1 unspecified atom stereocenters. The Morgan fingerprint density at radius 3 is 2.83 bits per heavy atom. The Morgan fingerprint density at radius 2 is 2.03 bits per heavy atom. The van der Waals surface area contributed by atoms with Crippen molar-refractivity contribution < 1.29 is 4.79 Å². The number of urea groups is 1. The molecule has 1 aromatic carbocycles. The van der Waals surface area contributed by atoms with E-state index in [-0.39, 0.29) is 6.03 Å². The van der Waals surface area contributed by atoms with Gasteiger partial charge in [-0.25, -0.2) is 14.8 Å². The Balaban J connectivity index is 1.34. The highest BCUT2D eigenvalue weighted by Gasteiger charge is 2.28. The summed E-state index contributed by atoms with van der Waals surface area (Å²) in [6.45, 7) is 6.59. The van der Waals surface area contributed by atoms with Gasteiger partial charge in [-0.05, 0) is 50.3 Å². The van der Waals surface area contributed by atoms with Gasteiger partial charge in [0.15, 0.2) is 5.65 Å². The summed E-state index contributed by atoms with van der Waals surface area (Å²) < 4.78 is 2.23. The zero-order chi connectivity index (χ0) is 20.2. The molecule has 1 saturated heterocycles. The number of fused-ring (bicyclic) bond motifs is 1. The minimum Gasteiger partial charge on any atom is -0.338 e. The van der Waals surface area contributed by atoms with Crippen molar-refractivity contribution in [2.24, 2.45) is 5.92 Å². The lowest BCUT2D eigenvalue weighted by atomic mass is 10.0. The highest BCUT2D eigenvalue weighted by Crippen LogP contribution is 2.25. The van der Waals surface area contributed by atoms with Crippen LogP contribution in [-0.2, 0) is 12.8 Å². The van der Waals surface area contributed by atoms with Gasteiger partial charge in [0.05, 0.1) is 0 Å². The predicted molar refractivity (Wildman–Crippen MR) is 115 cm³/mol. The monoisotopic (exact) mass is 391 g/mol. The minimum absolute atomic E-state index is 0.0439. The van der Waals surface area contributed by atoms with E-state index in [0.29, 0.717) is 18.5 Å². The van der Waals surface area contributed by atoms with E-state index in [1.54, 1.807) is 0 Å². The van der Waals surface area contributed by atoms with Gasteiger partial charge in [0.1, 0.15) is 11.3 Å². The molecule has 1 fully saturated rings. The summed E-state index contributed by atoms with van der Waals surface area (Å²) in [6, 6.07) is 14.6. The maximum Gasteiger partial charge on any atom is 0.317 e. The van der Waals surface area contributed by atoms with Crippen LogP contribution in [0.25, 0.3) is 11.2 Å². The minimum atomic E-state index is 0.0439. The van der Waals surface area contributed by atoms with Gasteiger partial charge < -0.3 is 14.8 Å². The fourth-order valence-electron chi connectivity index (χ4n) is 4.18. The quantitative estimate of drug-likeness (QED) is 0.695. The predicted octanol–water partition coefficient (Wildman–Crippen LogP) is 3.83. The molecular weight excluding hydrogens is 362 g/mol. The molecule has 0 aliphatic carbocycles. The van der Waals surface area contributed by atoms with E-state index in [4.69, 9.17) is 4.98 Å². The van der Waals surface area contributed by atoms with E-state index in [1.807, 2.05) is 41.4 Å². The second kappa shape index (κ2) is 8.64. The highest BCUT2D eigenvalue weighted by atomic mass is 16.2. The molecule has 0 saturated carbocycles. The molecule has 1 aliphatic heterocycles. The summed E-state index contributed by atoms with van der Waals surface area (Å²) in [5.74, 6) is 1.51. The molecule has 6 nitrogen and oxygen atoms in total. The second-order valence-electron chi connectivity index (χ2n) is 8.11. The van der Waals surface area contributed by atoms with Crippen LogP contribution in [0.1, 0.15) is 37.7 Å². The van der Waals surface area contributed by atoms with Crippen LogP contribution in [0, 0.1) is 5.92 Å². The fraction of sp³-hybridized carbons (Fsp3) is 0.435. The number of nitrogens with one attached hydrogen (secondary N) is 1. The molecule has 4 rings (SSSR count). The second-order valence-corrected chi connectivity index (χ2v) is 8.11. The molecule has 1 aliphatic rings. The molecule has 29 heavy (non-hydrogen) atoms. The van der Waals surface area contributed by atoms with Gasteiger partial charge in [-0.3, -0.25) is 0 Å². The summed E-state index contributed by atoms with van der Waals surface area (Å²) >= 11 is 0. The first-order chi connectivity index (χ1) is 14.1. The number of imidazole rings is 1. The fourth-order valence-corrected chi connectivity index (χ4v) is 4.18. The van der Waals surface area contributed by atoms with Crippen molar-refractivity contribution in [1.29, 1.82) is 0 Å². The van der Waals surface area contributed by atoms with Gasteiger partial charge in [0.25, 0.3) is 0 Å². The first-order valence-electron chi connectivity index (χ1n) is 10.5. The van der Waals surface area contributed by atoms with E-state index in [2.05, 4.69) is 40.8 Å². The Hall–Kier alpha value is -2.89. The first-order valence-corrected chi connectivity index (χ1v) is 10.5. The molecule has 1 N–H and O–H groups in total. The number of pyridine rings is 1. The lowest BCUT2D eigenvalue weighted by Crippen LogP contribution is -2.39. The maximum atomic E-state index is 12.5. The molecule has 0 bridgehead atoms. The molecular formula is C23H29N5O. The topological polar surface area (TPSA) is 63.1 Å². The SMILES string of the molecule is CC(C)n1c(CC2CCN(C(=O)NCCc3ccccc3)C2)nc2cccnc21. The van der Waals surface area contributed by atoms with Gasteiger partial charge >= 0.3 is 6.03 Å². The number of carbonyl (C=O) groups excluding carboxylic acids is 1. The number of hydrogen-bond donors (Lipinski definition) is 1. The highest BCUT2D eigenvalue weighted by molar-refractivity contribution is 5.74. The van der Waals surface area contributed by atoms with Crippen molar-refractivity contribution in [1.82, 2.24) is 24.8 Å². The van der Waals surface area contributed by atoms with E-state index >= 15 is 0 Å². The molecule has 3 heterocycles. The van der Waals surface area contributed by atoms with Crippen LogP contribution in [0.2, 0.25) is 0 Å². The standard InChI is InChI=1S/C23H29N5O/c1-17(2)28-21(26-20-9-6-12-24-22(20)28)15-19-11-14-27(16-19)23(29)25-13-10-18-7-4-3-5-8-18/h3-9,12,17,19H,10-11,13-16H2,1-2H3,(H,25,29). The molecule has 2 amide bonds. The van der Waals surface area contributed by atoms with Crippen LogP contribution >= 0.6 is 0 Å². The summed E-state index contributed by atoms with van der Waals surface area (Å²) in [5, 5.41) is 3.06. The lowest BCUT2D eigenvalue weighted by Gasteiger charge is -2.18. The summed E-state index contributed by atoms with van der Waals surface area (Å²) in [4.78, 5) is 23.8.